The number of fused-ring (bicyclic) bond motifs is 1. The Hall–Kier alpha value is -2.69. The quantitative estimate of drug-likeness (QED) is 0.693. The second-order valence-corrected chi connectivity index (χ2v) is 7.20. The number of carbonyl (C=O) groups is 1. The molecule has 1 fully saturated rings. The highest BCUT2D eigenvalue weighted by atomic mass is 16.2. The third-order valence-corrected chi connectivity index (χ3v) is 5.24. The molecule has 0 aromatic carbocycles. The number of nitrogens with one attached hydrogen (secondary N) is 1. The Bertz CT molecular complexity index is 946. The van der Waals surface area contributed by atoms with Crippen molar-refractivity contribution in [3.8, 4) is 11.3 Å². The minimum absolute atomic E-state index is 0.205. The number of aromatic nitrogens is 3. The third-order valence-electron chi connectivity index (χ3n) is 5.24. The molecular weight excluding hydrogens is 324 g/mol. The molecule has 0 radical (unpaired) electrons. The molecule has 134 valence electrons. The van der Waals surface area contributed by atoms with E-state index in [2.05, 4.69) is 45.0 Å². The van der Waals surface area contributed by atoms with Crippen LogP contribution < -0.4 is 5.32 Å². The van der Waals surface area contributed by atoms with Gasteiger partial charge in [-0.1, -0.05) is 6.92 Å². The summed E-state index contributed by atoms with van der Waals surface area (Å²) in [6.45, 7) is 5.66. The number of amides is 1. The maximum absolute atomic E-state index is 12.0. The summed E-state index contributed by atoms with van der Waals surface area (Å²) in [4.78, 5) is 21.0. The smallest absolute Gasteiger partial charge is 0.223 e. The Labute approximate surface area is 153 Å². The minimum Gasteiger partial charge on any atom is -0.356 e. The van der Waals surface area contributed by atoms with Crippen LogP contribution in [0.25, 0.3) is 22.3 Å². The first-order valence-electron chi connectivity index (χ1n) is 9.29. The molecule has 3 heterocycles. The Balaban J connectivity index is 1.54. The number of rotatable bonds is 6. The Kier molecular flexibility index (Phi) is 4.45. The fourth-order valence-corrected chi connectivity index (χ4v) is 3.56. The van der Waals surface area contributed by atoms with Crippen molar-refractivity contribution in [3.63, 3.8) is 0 Å². The van der Waals surface area contributed by atoms with Crippen molar-refractivity contribution < 1.29 is 4.79 Å². The fourth-order valence-electron chi connectivity index (χ4n) is 3.56. The van der Waals surface area contributed by atoms with Gasteiger partial charge in [-0.05, 0) is 56.0 Å². The van der Waals surface area contributed by atoms with Crippen LogP contribution in [0.5, 0.6) is 0 Å². The average Bonchev–Trinajstić information content (AvgIpc) is 3.27. The molecule has 3 aromatic heterocycles. The van der Waals surface area contributed by atoms with Crippen molar-refractivity contribution in [1.29, 1.82) is 0 Å². The van der Waals surface area contributed by atoms with Crippen molar-refractivity contribution >= 4 is 16.9 Å². The lowest BCUT2D eigenvalue weighted by atomic mass is 10.1. The van der Waals surface area contributed by atoms with Gasteiger partial charge in [-0.25, -0.2) is 4.98 Å². The van der Waals surface area contributed by atoms with Gasteiger partial charge in [0, 0.05) is 48.0 Å². The van der Waals surface area contributed by atoms with Crippen molar-refractivity contribution in [3.05, 3.63) is 48.4 Å². The predicted octanol–water partition coefficient (Wildman–Crippen LogP) is 3.57. The molecule has 0 saturated heterocycles. The predicted molar refractivity (Wildman–Crippen MR) is 103 cm³/mol. The first-order valence-corrected chi connectivity index (χ1v) is 9.29. The largest absolute Gasteiger partial charge is 0.356 e. The molecule has 5 nitrogen and oxygen atoms in total. The average molecular weight is 348 g/mol. The standard InChI is InChI=1S/C21H24N4O/c1-14-12-18(14)21(26)24-10-5-11-25-19(17-7-4-8-22-15(17)2)13-16-6-3-9-23-20(16)25/h3-4,6-9,13-14,18H,5,10-12H2,1-2H3,(H,24,26)/t14-,18-/m1/s1. The first kappa shape index (κ1) is 16.8. The summed E-state index contributed by atoms with van der Waals surface area (Å²) in [5, 5.41) is 4.20. The van der Waals surface area contributed by atoms with Gasteiger partial charge in [0.2, 0.25) is 5.91 Å². The molecule has 1 amide bonds. The van der Waals surface area contributed by atoms with E-state index < -0.39 is 0 Å². The van der Waals surface area contributed by atoms with Gasteiger partial charge in [-0.3, -0.25) is 9.78 Å². The van der Waals surface area contributed by atoms with E-state index in [1.165, 1.54) is 0 Å². The van der Waals surface area contributed by atoms with Crippen molar-refractivity contribution in [2.24, 2.45) is 11.8 Å². The summed E-state index contributed by atoms with van der Waals surface area (Å²) < 4.78 is 2.24. The van der Waals surface area contributed by atoms with E-state index in [1.54, 1.807) is 0 Å². The molecule has 1 N–H and O–H groups in total. The normalized spacial score (nSPS) is 18.8. The van der Waals surface area contributed by atoms with E-state index in [0.717, 1.165) is 47.4 Å². The Morgan fingerprint density at radius 3 is 2.81 bits per heavy atom. The van der Waals surface area contributed by atoms with Gasteiger partial charge >= 0.3 is 0 Å². The lowest BCUT2D eigenvalue weighted by molar-refractivity contribution is -0.122. The topological polar surface area (TPSA) is 59.8 Å². The lowest BCUT2D eigenvalue weighted by Crippen LogP contribution is -2.27. The Morgan fingerprint density at radius 2 is 2.04 bits per heavy atom. The van der Waals surface area contributed by atoms with Crippen LogP contribution in [-0.2, 0) is 11.3 Å². The molecular formula is C21H24N4O. The highest BCUT2D eigenvalue weighted by Crippen LogP contribution is 2.37. The van der Waals surface area contributed by atoms with E-state index in [4.69, 9.17) is 0 Å². The van der Waals surface area contributed by atoms with Gasteiger partial charge in [-0.2, -0.15) is 0 Å². The van der Waals surface area contributed by atoms with E-state index in [-0.39, 0.29) is 11.8 Å². The highest BCUT2D eigenvalue weighted by Gasteiger charge is 2.38. The zero-order valence-corrected chi connectivity index (χ0v) is 15.3. The Morgan fingerprint density at radius 1 is 1.27 bits per heavy atom. The maximum atomic E-state index is 12.0. The summed E-state index contributed by atoms with van der Waals surface area (Å²) in [5.41, 5.74) is 4.24. The van der Waals surface area contributed by atoms with Crippen LogP contribution in [0.15, 0.2) is 42.7 Å². The van der Waals surface area contributed by atoms with Gasteiger partial charge in [-0.15, -0.1) is 0 Å². The van der Waals surface area contributed by atoms with Crippen LogP contribution in [-0.4, -0.2) is 27.0 Å². The van der Waals surface area contributed by atoms with Crippen molar-refractivity contribution in [2.45, 2.75) is 33.2 Å². The maximum Gasteiger partial charge on any atom is 0.223 e. The molecule has 0 aliphatic heterocycles. The van der Waals surface area contributed by atoms with Gasteiger partial charge < -0.3 is 9.88 Å². The summed E-state index contributed by atoms with van der Waals surface area (Å²) in [6.07, 6.45) is 5.55. The molecule has 26 heavy (non-hydrogen) atoms. The molecule has 3 aromatic rings. The van der Waals surface area contributed by atoms with E-state index in [9.17, 15) is 4.79 Å². The summed E-state index contributed by atoms with van der Waals surface area (Å²) in [5.74, 6) is 0.988. The zero-order valence-electron chi connectivity index (χ0n) is 15.3. The second kappa shape index (κ2) is 6.90. The summed E-state index contributed by atoms with van der Waals surface area (Å²) >= 11 is 0. The molecule has 2 atom stereocenters. The molecule has 1 aliphatic carbocycles. The van der Waals surface area contributed by atoms with Crippen LogP contribution in [0.3, 0.4) is 0 Å². The van der Waals surface area contributed by atoms with Gasteiger partial charge in [0.25, 0.3) is 0 Å². The van der Waals surface area contributed by atoms with Gasteiger partial charge in [0.05, 0.1) is 5.69 Å². The minimum atomic E-state index is 0.205. The number of hydrogen-bond acceptors (Lipinski definition) is 3. The zero-order chi connectivity index (χ0) is 18.1. The van der Waals surface area contributed by atoms with Gasteiger partial charge in [0.1, 0.15) is 5.65 Å². The SMILES string of the molecule is Cc1ncccc1-c1cc2cccnc2n1CCCNC(=O)[C@@H]1C[C@H]1C. The molecule has 0 spiro atoms. The van der Waals surface area contributed by atoms with Crippen LogP contribution in [0, 0.1) is 18.8 Å². The third kappa shape index (κ3) is 3.21. The summed E-state index contributed by atoms with van der Waals surface area (Å²) in [7, 11) is 0. The van der Waals surface area contributed by atoms with Crippen molar-refractivity contribution in [2.75, 3.05) is 6.54 Å². The number of hydrogen-bond donors (Lipinski definition) is 1. The van der Waals surface area contributed by atoms with Crippen LogP contribution in [0.1, 0.15) is 25.5 Å². The molecule has 4 rings (SSSR count). The highest BCUT2D eigenvalue weighted by molar-refractivity contribution is 5.84. The van der Waals surface area contributed by atoms with Crippen LogP contribution >= 0.6 is 0 Å². The first-order chi connectivity index (χ1) is 12.6. The second-order valence-electron chi connectivity index (χ2n) is 7.20. The van der Waals surface area contributed by atoms with Crippen LogP contribution in [0.4, 0.5) is 0 Å². The van der Waals surface area contributed by atoms with E-state index >= 15 is 0 Å². The number of pyridine rings is 2. The van der Waals surface area contributed by atoms with Gasteiger partial charge in [0.15, 0.2) is 0 Å². The van der Waals surface area contributed by atoms with Crippen LogP contribution in [0.2, 0.25) is 0 Å². The molecule has 0 unspecified atom stereocenters. The molecule has 1 saturated carbocycles. The summed E-state index contributed by atoms with van der Waals surface area (Å²) in [6, 6.07) is 10.3. The van der Waals surface area contributed by atoms with Crippen molar-refractivity contribution in [1.82, 2.24) is 19.9 Å². The number of aryl methyl sites for hydroxylation is 2. The monoisotopic (exact) mass is 348 g/mol. The molecule has 0 bridgehead atoms. The molecule has 5 heteroatoms. The number of nitrogens with zero attached hydrogens (tertiary/aromatic N) is 3. The number of carbonyl (C=O) groups excluding carboxylic acids is 1. The molecule has 1 aliphatic rings. The van der Waals surface area contributed by atoms with E-state index in [1.807, 2.05) is 31.5 Å². The fraction of sp³-hybridized carbons (Fsp3) is 0.381. The lowest BCUT2D eigenvalue weighted by Gasteiger charge is -2.12. The van der Waals surface area contributed by atoms with E-state index in [0.29, 0.717) is 12.5 Å².